The van der Waals surface area contributed by atoms with E-state index in [1.54, 1.807) is 5.32 Å². The van der Waals surface area contributed by atoms with Crippen LogP contribution in [0.5, 0.6) is 0 Å². The molecule has 0 spiro atoms. The molecule has 0 saturated carbocycles. The number of rotatable bonds is 4. The number of alkyl halides is 3. The number of hydrogen-bond acceptors (Lipinski definition) is 4. The lowest BCUT2D eigenvalue weighted by molar-refractivity contribution is -0.123. The number of amides is 1. The average molecular weight is 366 g/mol. The summed E-state index contributed by atoms with van der Waals surface area (Å²) in [7, 11) is -3.92. The van der Waals surface area contributed by atoms with Crippen LogP contribution in [0.15, 0.2) is 29.2 Å². The third-order valence-corrected chi connectivity index (χ3v) is 5.40. The lowest BCUT2D eigenvalue weighted by atomic mass is 10.1. The SMILES string of the molecule is O=C(NCC(F)(F)F)c1cccc(S(=O)(=O)N2CCC[C@H](O)C2)c1. The molecule has 0 unspecified atom stereocenters. The van der Waals surface area contributed by atoms with Gasteiger partial charge in [0, 0.05) is 18.7 Å². The van der Waals surface area contributed by atoms with Gasteiger partial charge in [-0.1, -0.05) is 6.07 Å². The highest BCUT2D eigenvalue weighted by atomic mass is 32.2. The Morgan fingerprint density at radius 3 is 2.71 bits per heavy atom. The quantitative estimate of drug-likeness (QED) is 0.836. The Kier molecular flexibility index (Phi) is 5.51. The molecule has 1 heterocycles. The highest BCUT2D eigenvalue weighted by Gasteiger charge is 2.31. The van der Waals surface area contributed by atoms with Crippen molar-refractivity contribution in [1.82, 2.24) is 9.62 Å². The van der Waals surface area contributed by atoms with Gasteiger partial charge >= 0.3 is 6.18 Å². The van der Waals surface area contributed by atoms with Crippen LogP contribution in [0, 0.1) is 0 Å². The molecular weight excluding hydrogens is 349 g/mol. The van der Waals surface area contributed by atoms with E-state index in [0.29, 0.717) is 12.8 Å². The van der Waals surface area contributed by atoms with E-state index in [1.165, 1.54) is 18.2 Å². The van der Waals surface area contributed by atoms with Gasteiger partial charge in [-0.15, -0.1) is 0 Å². The molecule has 1 aromatic rings. The van der Waals surface area contributed by atoms with Crippen molar-refractivity contribution in [2.24, 2.45) is 0 Å². The minimum Gasteiger partial charge on any atom is -0.392 e. The summed E-state index contributed by atoms with van der Waals surface area (Å²) in [5.41, 5.74) is -0.183. The van der Waals surface area contributed by atoms with Crippen molar-refractivity contribution in [3.05, 3.63) is 29.8 Å². The fraction of sp³-hybridized carbons (Fsp3) is 0.500. The van der Waals surface area contributed by atoms with Crippen LogP contribution in [0.1, 0.15) is 23.2 Å². The molecule has 1 aromatic carbocycles. The lowest BCUT2D eigenvalue weighted by Gasteiger charge is -2.29. The van der Waals surface area contributed by atoms with Gasteiger partial charge in [0.25, 0.3) is 5.91 Å². The molecule has 1 fully saturated rings. The maximum Gasteiger partial charge on any atom is 0.405 e. The third-order valence-electron chi connectivity index (χ3n) is 3.54. The molecule has 1 saturated heterocycles. The molecule has 0 bridgehead atoms. The molecule has 2 N–H and O–H groups in total. The van der Waals surface area contributed by atoms with E-state index in [4.69, 9.17) is 0 Å². The number of carbonyl (C=O) groups is 1. The number of nitrogens with zero attached hydrogens (tertiary/aromatic N) is 1. The van der Waals surface area contributed by atoms with Gasteiger partial charge in [0.05, 0.1) is 11.0 Å². The predicted molar refractivity (Wildman–Crippen MR) is 78.8 cm³/mol. The van der Waals surface area contributed by atoms with E-state index in [9.17, 15) is 31.5 Å². The van der Waals surface area contributed by atoms with E-state index < -0.39 is 34.8 Å². The Labute approximate surface area is 137 Å². The van der Waals surface area contributed by atoms with Gasteiger partial charge in [0.15, 0.2) is 0 Å². The second-order valence-electron chi connectivity index (χ2n) is 5.48. The van der Waals surface area contributed by atoms with Crippen molar-refractivity contribution in [2.75, 3.05) is 19.6 Å². The van der Waals surface area contributed by atoms with E-state index in [-0.39, 0.29) is 23.5 Å². The van der Waals surface area contributed by atoms with Crippen molar-refractivity contribution < 1.29 is 31.5 Å². The molecule has 2 rings (SSSR count). The standard InChI is InChI=1S/C14H17F3N2O4S/c15-14(16,17)9-18-13(21)10-3-1-5-12(7-10)24(22,23)19-6-2-4-11(20)8-19/h1,3,5,7,11,20H,2,4,6,8-9H2,(H,18,21)/t11-/m0/s1. The summed E-state index contributed by atoms with van der Waals surface area (Å²) in [5.74, 6) is -1.01. The van der Waals surface area contributed by atoms with Crippen molar-refractivity contribution in [1.29, 1.82) is 0 Å². The normalized spacial score (nSPS) is 19.9. The Hall–Kier alpha value is -1.65. The van der Waals surface area contributed by atoms with Crippen LogP contribution in [0.25, 0.3) is 0 Å². The smallest absolute Gasteiger partial charge is 0.392 e. The van der Waals surface area contributed by atoms with Gasteiger partial charge in [0.2, 0.25) is 10.0 Å². The summed E-state index contributed by atoms with van der Waals surface area (Å²) in [4.78, 5) is 11.5. The van der Waals surface area contributed by atoms with Gasteiger partial charge in [0.1, 0.15) is 6.54 Å². The minimum absolute atomic E-state index is 0.0488. The second-order valence-corrected chi connectivity index (χ2v) is 7.42. The molecule has 0 aromatic heterocycles. The Morgan fingerprint density at radius 2 is 2.08 bits per heavy atom. The number of aliphatic hydroxyl groups is 1. The highest BCUT2D eigenvalue weighted by molar-refractivity contribution is 7.89. The van der Waals surface area contributed by atoms with Crippen molar-refractivity contribution in [3.8, 4) is 0 Å². The Morgan fingerprint density at radius 1 is 1.38 bits per heavy atom. The maximum absolute atomic E-state index is 12.5. The van der Waals surface area contributed by atoms with E-state index in [2.05, 4.69) is 0 Å². The van der Waals surface area contributed by atoms with Crippen LogP contribution in [0.2, 0.25) is 0 Å². The number of hydrogen-bond donors (Lipinski definition) is 2. The molecule has 0 aliphatic carbocycles. The van der Waals surface area contributed by atoms with E-state index in [1.807, 2.05) is 0 Å². The van der Waals surface area contributed by atoms with Gasteiger partial charge in [-0.05, 0) is 31.0 Å². The summed E-state index contributed by atoms with van der Waals surface area (Å²) in [6.45, 7) is -1.31. The molecule has 1 atom stereocenters. The van der Waals surface area contributed by atoms with E-state index in [0.717, 1.165) is 10.4 Å². The van der Waals surface area contributed by atoms with Crippen molar-refractivity contribution in [3.63, 3.8) is 0 Å². The molecule has 10 heteroatoms. The first-order valence-corrected chi connectivity index (χ1v) is 8.67. The minimum atomic E-state index is -4.55. The zero-order valence-corrected chi connectivity index (χ0v) is 13.4. The van der Waals surface area contributed by atoms with Gasteiger partial charge in [-0.25, -0.2) is 8.42 Å². The monoisotopic (exact) mass is 366 g/mol. The van der Waals surface area contributed by atoms with Crippen LogP contribution >= 0.6 is 0 Å². The zero-order chi connectivity index (χ0) is 18.0. The number of benzene rings is 1. The van der Waals surface area contributed by atoms with Gasteiger partial charge in [-0.2, -0.15) is 17.5 Å². The summed E-state index contributed by atoms with van der Waals surface area (Å²) in [6, 6.07) is 4.81. The fourth-order valence-electron chi connectivity index (χ4n) is 2.37. The largest absolute Gasteiger partial charge is 0.405 e. The third kappa shape index (κ3) is 4.68. The Balaban J connectivity index is 2.18. The Bertz CT molecular complexity index is 706. The summed E-state index contributed by atoms with van der Waals surface area (Å²) >= 11 is 0. The molecule has 1 aliphatic rings. The highest BCUT2D eigenvalue weighted by Crippen LogP contribution is 2.22. The van der Waals surface area contributed by atoms with E-state index >= 15 is 0 Å². The summed E-state index contributed by atoms with van der Waals surface area (Å²) < 4.78 is 62.6. The van der Waals surface area contributed by atoms with Crippen molar-refractivity contribution in [2.45, 2.75) is 30.0 Å². The first-order chi connectivity index (χ1) is 11.1. The van der Waals surface area contributed by atoms with Gasteiger partial charge < -0.3 is 10.4 Å². The number of piperidine rings is 1. The van der Waals surface area contributed by atoms with Crippen LogP contribution in [-0.4, -0.2) is 55.7 Å². The first-order valence-electron chi connectivity index (χ1n) is 7.23. The van der Waals surface area contributed by atoms with Crippen molar-refractivity contribution >= 4 is 15.9 Å². The number of halogens is 3. The second kappa shape index (κ2) is 7.08. The average Bonchev–Trinajstić information content (AvgIpc) is 2.52. The number of sulfonamides is 1. The summed E-state index contributed by atoms with van der Waals surface area (Å²) in [6.07, 6.45) is -4.30. The molecule has 1 aliphatic heterocycles. The molecule has 24 heavy (non-hydrogen) atoms. The molecule has 134 valence electrons. The maximum atomic E-state index is 12.5. The molecular formula is C14H17F3N2O4S. The predicted octanol–water partition coefficient (Wildman–Crippen LogP) is 1.12. The number of β-amino-alcohol motifs (C(OH)–C–C–N with tert-alkyl or cyclic N) is 1. The van der Waals surface area contributed by atoms with Crippen LogP contribution in [-0.2, 0) is 10.0 Å². The lowest BCUT2D eigenvalue weighted by Crippen LogP contribution is -2.42. The zero-order valence-electron chi connectivity index (χ0n) is 12.6. The topological polar surface area (TPSA) is 86.7 Å². The number of carbonyl (C=O) groups excluding carboxylic acids is 1. The van der Waals surface area contributed by atoms with Crippen LogP contribution < -0.4 is 5.32 Å². The summed E-state index contributed by atoms with van der Waals surface area (Å²) in [5, 5.41) is 11.3. The van der Waals surface area contributed by atoms with Crippen LogP contribution in [0.3, 0.4) is 0 Å². The fourth-order valence-corrected chi connectivity index (χ4v) is 3.93. The number of aliphatic hydroxyl groups excluding tert-OH is 1. The van der Waals surface area contributed by atoms with Gasteiger partial charge in [-0.3, -0.25) is 4.79 Å². The first kappa shape index (κ1) is 18.7. The molecule has 6 nitrogen and oxygen atoms in total. The van der Waals surface area contributed by atoms with Crippen LogP contribution in [0.4, 0.5) is 13.2 Å². The molecule has 1 amide bonds. The number of nitrogens with one attached hydrogen (secondary N) is 1. The molecule has 0 radical (unpaired) electrons.